The average Bonchev–Trinajstić information content (AvgIpc) is 2.08. The van der Waals surface area contributed by atoms with Crippen molar-refractivity contribution in [2.24, 2.45) is 0 Å². The number of hydrogen-bond donors (Lipinski definition) is 0. The second kappa shape index (κ2) is 6.46. The van der Waals surface area contributed by atoms with Gasteiger partial charge in [0.1, 0.15) is 0 Å². The summed E-state index contributed by atoms with van der Waals surface area (Å²) in [6.07, 6.45) is 5.86. The van der Waals surface area contributed by atoms with Gasteiger partial charge in [0, 0.05) is 23.9 Å². The van der Waals surface area contributed by atoms with Gasteiger partial charge in [0.05, 0.1) is 12.2 Å². The van der Waals surface area contributed by atoms with Crippen LogP contribution in [0, 0.1) is 0 Å². The largest absolute Gasteiger partial charge is 0.381 e. The maximum atomic E-state index is 5.03. The zero-order chi connectivity index (χ0) is 10.6. The smallest absolute Gasteiger partial charge is 0.0592 e. The van der Waals surface area contributed by atoms with Crippen LogP contribution in [0.5, 0.6) is 0 Å². The highest BCUT2D eigenvalue weighted by Gasteiger charge is 2.26. The summed E-state index contributed by atoms with van der Waals surface area (Å²) in [6.45, 7) is 0. The Labute approximate surface area is 103 Å². The summed E-state index contributed by atoms with van der Waals surface area (Å²) in [6, 6.07) is 0. The SMILES string of the molecule is COC1CC(Br)C1.COC1CC(Br)C1. The molecule has 0 radical (unpaired) electrons. The Morgan fingerprint density at radius 1 is 0.786 bits per heavy atom. The maximum absolute atomic E-state index is 5.03. The number of methoxy groups -OCH3 is 2. The summed E-state index contributed by atoms with van der Waals surface area (Å²) in [7, 11) is 3.53. The second-order valence-electron chi connectivity index (χ2n) is 3.85. The second-order valence-corrected chi connectivity index (χ2v) is 6.44. The van der Waals surface area contributed by atoms with Gasteiger partial charge in [-0.25, -0.2) is 0 Å². The molecule has 0 bridgehead atoms. The van der Waals surface area contributed by atoms with Gasteiger partial charge in [0.25, 0.3) is 0 Å². The standard InChI is InChI=1S/2C5H9BrO/c2*1-7-5-2-4(6)3-5/h2*4-5H,2-3H2,1H3. The zero-order valence-electron chi connectivity index (χ0n) is 8.71. The molecule has 0 heterocycles. The highest BCUT2D eigenvalue weighted by molar-refractivity contribution is 9.09. The third-order valence-electron chi connectivity index (χ3n) is 2.74. The lowest BCUT2D eigenvalue weighted by atomic mass is 9.96. The van der Waals surface area contributed by atoms with E-state index in [1.807, 2.05) is 0 Å². The molecule has 0 aromatic heterocycles. The lowest BCUT2D eigenvalue weighted by molar-refractivity contribution is 0.0470. The summed E-state index contributed by atoms with van der Waals surface area (Å²) < 4.78 is 10.1. The average molecular weight is 330 g/mol. The number of rotatable bonds is 2. The van der Waals surface area contributed by atoms with Crippen molar-refractivity contribution >= 4 is 31.9 Å². The third-order valence-corrected chi connectivity index (χ3v) is 4.24. The summed E-state index contributed by atoms with van der Waals surface area (Å²) in [5, 5.41) is 0. The lowest BCUT2D eigenvalue weighted by Crippen LogP contribution is -2.30. The van der Waals surface area contributed by atoms with Gasteiger partial charge in [-0.2, -0.15) is 0 Å². The molecule has 2 aliphatic carbocycles. The molecule has 0 spiro atoms. The fourth-order valence-electron chi connectivity index (χ4n) is 1.39. The van der Waals surface area contributed by atoms with E-state index >= 15 is 0 Å². The molecule has 2 nitrogen and oxygen atoms in total. The summed E-state index contributed by atoms with van der Waals surface area (Å²) in [5.74, 6) is 0. The van der Waals surface area contributed by atoms with Crippen LogP contribution in [-0.2, 0) is 9.47 Å². The van der Waals surface area contributed by atoms with Crippen LogP contribution >= 0.6 is 31.9 Å². The fourth-order valence-corrected chi connectivity index (χ4v) is 3.06. The zero-order valence-corrected chi connectivity index (χ0v) is 11.9. The molecule has 0 aliphatic heterocycles. The van der Waals surface area contributed by atoms with Crippen LogP contribution in [0.2, 0.25) is 0 Å². The van der Waals surface area contributed by atoms with Crippen molar-refractivity contribution in [2.75, 3.05) is 14.2 Å². The molecular formula is C10H18Br2O2. The quantitative estimate of drug-likeness (QED) is 0.725. The van der Waals surface area contributed by atoms with Gasteiger partial charge in [-0.05, 0) is 25.7 Å². The molecule has 0 unspecified atom stereocenters. The Bertz CT molecular complexity index is 136. The molecule has 2 rings (SSSR count). The first-order valence-electron chi connectivity index (χ1n) is 4.99. The van der Waals surface area contributed by atoms with E-state index in [0.717, 1.165) is 9.65 Å². The Morgan fingerprint density at radius 3 is 1.14 bits per heavy atom. The van der Waals surface area contributed by atoms with Crippen LogP contribution in [0.4, 0.5) is 0 Å². The first kappa shape index (κ1) is 12.9. The Morgan fingerprint density at radius 2 is 1.07 bits per heavy atom. The van der Waals surface area contributed by atoms with Crippen molar-refractivity contribution in [3.05, 3.63) is 0 Å². The third kappa shape index (κ3) is 4.17. The van der Waals surface area contributed by atoms with E-state index in [1.165, 1.54) is 25.7 Å². The highest BCUT2D eigenvalue weighted by atomic mass is 79.9. The van der Waals surface area contributed by atoms with E-state index in [9.17, 15) is 0 Å². The van der Waals surface area contributed by atoms with Gasteiger partial charge >= 0.3 is 0 Å². The minimum absolute atomic E-state index is 0.546. The van der Waals surface area contributed by atoms with Gasteiger partial charge < -0.3 is 9.47 Å². The van der Waals surface area contributed by atoms with Gasteiger partial charge in [0.2, 0.25) is 0 Å². The molecule has 0 aromatic carbocycles. The van der Waals surface area contributed by atoms with Crippen LogP contribution in [0.3, 0.4) is 0 Å². The van der Waals surface area contributed by atoms with Gasteiger partial charge in [-0.1, -0.05) is 31.9 Å². The van der Waals surface area contributed by atoms with Crippen molar-refractivity contribution in [1.82, 2.24) is 0 Å². The molecule has 2 fully saturated rings. The number of ether oxygens (including phenoxy) is 2. The molecule has 2 aliphatic rings. The molecule has 0 aromatic rings. The number of hydrogen-bond acceptors (Lipinski definition) is 2. The van der Waals surface area contributed by atoms with Gasteiger partial charge in [-0.3, -0.25) is 0 Å². The van der Waals surface area contributed by atoms with Crippen LogP contribution < -0.4 is 0 Å². The number of alkyl halides is 2. The van der Waals surface area contributed by atoms with E-state index in [4.69, 9.17) is 9.47 Å². The Kier molecular flexibility index (Phi) is 5.97. The minimum Gasteiger partial charge on any atom is -0.381 e. The van der Waals surface area contributed by atoms with E-state index < -0.39 is 0 Å². The molecule has 0 atom stereocenters. The predicted molar refractivity (Wildman–Crippen MR) is 65.5 cm³/mol. The van der Waals surface area contributed by atoms with Crippen molar-refractivity contribution in [3.63, 3.8) is 0 Å². The molecule has 84 valence electrons. The van der Waals surface area contributed by atoms with Crippen molar-refractivity contribution in [3.8, 4) is 0 Å². The molecule has 0 N–H and O–H groups in total. The lowest BCUT2D eigenvalue weighted by Gasteiger charge is -2.29. The summed E-state index contributed by atoms with van der Waals surface area (Å²) >= 11 is 6.92. The van der Waals surface area contributed by atoms with Crippen LogP contribution in [0.25, 0.3) is 0 Å². The Balaban J connectivity index is 0.000000140. The van der Waals surface area contributed by atoms with E-state index in [2.05, 4.69) is 31.9 Å². The first-order valence-corrected chi connectivity index (χ1v) is 6.82. The minimum atomic E-state index is 0.546. The van der Waals surface area contributed by atoms with Crippen LogP contribution in [0.15, 0.2) is 0 Å². The van der Waals surface area contributed by atoms with Gasteiger partial charge in [-0.15, -0.1) is 0 Å². The van der Waals surface area contributed by atoms with Crippen molar-refractivity contribution < 1.29 is 9.47 Å². The van der Waals surface area contributed by atoms with Crippen LogP contribution in [0.1, 0.15) is 25.7 Å². The summed E-state index contributed by atoms with van der Waals surface area (Å²) in [4.78, 5) is 1.47. The molecule has 0 amide bonds. The fraction of sp³-hybridized carbons (Fsp3) is 1.00. The molecule has 0 saturated heterocycles. The van der Waals surface area contributed by atoms with Gasteiger partial charge in [0.15, 0.2) is 0 Å². The van der Waals surface area contributed by atoms with E-state index in [-0.39, 0.29) is 0 Å². The summed E-state index contributed by atoms with van der Waals surface area (Å²) in [5.41, 5.74) is 0. The van der Waals surface area contributed by atoms with E-state index in [0.29, 0.717) is 12.2 Å². The van der Waals surface area contributed by atoms with Crippen molar-refractivity contribution in [1.29, 1.82) is 0 Å². The normalized spacial score (nSPS) is 40.3. The topological polar surface area (TPSA) is 18.5 Å². The first-order chi connectivity index (χ1) is 6.65. The highest BCUT2D eigenvalue weighted by Crippen LogP contribution is 2.29. The molecular weight excluding hydrogens is 312 g/mol. The molecule has 2 saturated carbocycles. The maximum Gasteiger partial charge on any atom is 0.0592 e. The van der Waals surface area contributed by atoms with E-state index in [1.54, 1.807) is 14.2 Å². The molecule has 14 heavy (non-hydrogen) atoms. The predicted octanol–water partition coefficient (Wildman–Crippen LogP) is 3.12. The number of halogens is 2. The Hall–Kier alpha value is 0.880. The monoisotopic (exact) mass is 328 g/mol. The molecule has 4 heteroatoms. The van der Waals surface area contributed by atoms with Crippen LogP contribution in [-0.4, -0.2) is 36.1 Å². The van der Waals surface area contributed by atoms with Crippen molar-refractivity contribution in [2.45, 2.75) is 47.5 Å².